The first-order valence-electron chi connectivity index (χ1n) is 8.56. The van der Waals surface area contributed by atoms with E-state index in [0.29, 0.717) is 6.42 Å². The Morgan fingerprint density at radius 2 is 1.46 bits per heavy atom. The number of rotatable bonds is 15. The molecule has 144 valence electrons. The molecular weight excluding hydrogens is 358 g/mol. The van der Waals surface area contributed by atoms with E-state index in [4.69, 9.17) is 19.4 Å². The van der Waals surface area contributed by atoms with Crippen molar-refractivity contribution in [3.63, 3.8) is 0 Å². The Labute approximate surface area is 143 Å². The van der Waals surface area contributed by atoms with Crippen molar-refractivity contribution >= 4 is 15.6 Å². The molecule has 0 aromatic heterocycles. The number of phosphoric acid groups is 2. The summed E-state index contributed by atoms with van der Waals surface area (Å²) in [5.41, 5.74) is 0.204. The highest BCUT2D eigenvalue weighted by Gasteiger charge is 2.41. The van der Waals surface area contributed by atoms with E-state index in [2.05, 4.69) is 15.8 Å². The van der Waals surface area contributed by atoms with E-state index in [1.54, 1.807) is 0 Å². The van der Waals surface area contributed by atoms with Gasteiger partial charge in [-0.2, -0.15) is 4.31 Å². The first-order valence-corrected chi connectivity index (χ1v) is 11.6. The fraction of sp³-hybridized carbons (Fsp3) is 1.00. The van der Waals surface area contributed by atoms with Crippen LogP contribution >= 0.6 is 15.6 Å². The molecule has 1 heterocycles. The second kappa shape index (κ2) is 10.4. The third-order valence-electron chi connectivity index (χ3n) is 4.19. The zero-order chi connectivity index (χ0) is 18.1. The molecular formula is C14H30O8P2. The molecule has 24 heavy (non-hydrogen) atoms. The Hall–Kier alpha value is 0.220. The highest BCUT2D eigenvalue weighted by molar-refractivity contribution is 7.60. The molecule has 0 aliphatic carbocycles. The average molecular weight is 388 g/mol. The zero-order valence-corrected chi connectivity index (χ0v) is 16.1. The first kappa shape index (κ1) is 22.3. The molecule has 2 unspecified atom stereocenters. The van der Waals surface area contributed by atoms with Gasteiger partial charge in [0.2, 0.25) is 0 Å². The Bertz CT molecular complexity index is 446. The minimum absolute atomic E-state index is 0.0626. The van der Waals surface area contributed by atoms with Gasteiger partial charge in [-0.1, -0.05) is 51.9 Å². The maximum atomic E-state index is 11.2. The van der Waals surface area contributed by atoms with Crippen molar-refractivity contribution in [2.75, 3.05) is 13.2 Å². The van der Waals surface area contributed by atoms with Gasteiger partial charge in [-0.05, 0) is 19.3 Å². The summed E-state index contributed by atoms with van der Waals surface area (Å²) in [7, 11) is -9.69. The SMILES string of the molecule is CCC1(CCCCCCCCCCOP(=O)(O)OP(=O)(O)O)CO1. The van der Waals surface area contributed by atoms with Gasteiger partial charge in [-0.15, -0.1) is 0 Å². The van der Waals surface area contributed by atoms with Crippen molar-refractivity contribution in [3.05, 3.63) is 0 Å². The fourth-order valence-corrected chi connectivity index (χ4v) is 4.20. The number of hydrogen-bond acceptors (Lipinski definition) is 5. The van der Waals surface area contributed by atoms with Gasteiger partial charge in [-0.3, -0.25) is 4.52 Å². The van der Waals surface area contributed by atoms with E-state index >= 15 is 0 Å². The summed E-state index contributed by atoms with van der Waals surface area (Å²) in [6, 6.07) is 0. The molecule has 0 radical (unpaired) electrons. The summed E-state index contributed by atoms with van der Waals surface area (Å²) in [4.78, 5) is 26.0. The number of ether oxygens (including phenoxy) is 1. The summed E-state index contributed by atoms with van der Waals surface area (Å²) in [5.74, 6) is 0. The molecule has 2 atom stereocenters. The summed E-state index contributed by atoms with van der Waals surface area (Å²) in [6.45, 7) is 3.03. The lowest BCUT2D eigenvalue weighted by Gasteiger charge is -2.12. The fourth-order valence-electron chi connectivity index (χ4n) is 2.58. The Morgan fingerprint density at radius 1 is 0.958 bits per heavy atom. The molecule has 0 aromatic rings. The van der Waals surface area contributed by atoms with E-state index in [-0.39, 0.29) is 12.2 Å². The molecule has 0 aromatic carbocycles. The highest BCUT2D eigenvalue weighted by atomic mass is 31.3. The van der Waals surface area contributed by atoms with E-state index in [0.717, 1.165) is 32.3 Å². The van der Waals surface area contributed by atoms with Crippen molar-refractivity contribution in [1.82, 2.24) is 0 Å². The highest BCUT2D eigenvalue weighted by Crippen LogP contribution is 2.57. The summed E-state index contributed by atoms with van der Waals surface area (Å²) in [5, 5.41) is 0. The van der Waals surface area contributed by atoms with E-state index in [1.165, 1.54) is 32.1 Å². The van der Waals surface area contributed by atoms with Gasteiger partial charge in [0.15, 0.2) is 0 Å². The molecule has 0 amide bonds. The molecule has 0 saturated carbocycles. The van der Waals surface area contributed by atoms with Crippen LogP contribution in [0.2, 0.25) is 0 Å². The predicted octanol–water partition coefficient (Wildman–Crippen LogP) is 3.90. The lowest BCUT2D eigenvalue weighted by atomic mass is 9.98. The van der Waals surface area contributed by atoms with Crippen LogP contribution in [0.25, 0.3) is 0 Å². The van der Waals surface area contributed by atoms with Crippen molar-refractivity contribution in [2.45, 2.75) is 76.7 Å². The van der Waals surface area contributed by atoms with Crippen molar-refractivity contribution in [2.24, 2.45) is 0 Å². The van der Waals surface area contributed by atoms with Gasteiger partial charge >= 0.3 is 15.6 Å². The van der Waals surface area contributed by atoms with Crippen molar-refractivity contribution < 1.29 is 37.4 Å². The van der Waals surface area contributed by atoms with E-state index in [1.807, 2.05) is 0 Å². The van der Waals surface area contributed by atoms with Crippen LogP contribution in [0.15, 0.2) is 0 Å². The van der Waals surface area contributed by atoms with Crippen LogP contribution in [0, 0.1) is 0 Å². The topological polar surface area (TPSA) is 126 Å². The van der Waals surface area contributed by atoms with Gasteiger partial charge in [-0.25, -0.2) is 9.13 Å². The van der Waals surface area contributed by atoms with Crippen LogP contribution in [0.4, 0.5) is 0 Å². The maximum Gasteiger partial charge on any atom is 0.481 e. The molecule has 8 nitrogen and oxygen atoms in total. The molecule has 1 aliphatic rings. The summed E-state index contributed by atoms with van der Waals surface area (Å²) in [6.07, 6.45) is 10.6. The molecule has 1 rings (SSSR count). The Balaban J connectivity index is 1.87. The van der Waals surface area contributed by atoms with Gasteiger partial charge in [0.1, 0.15) is 0 Å². The molecule has 1 fully saturated rings. The van der Waals surface area contributed by atoms with Gasteiger partial charge in [0.05, 0.1) is 18.8 Å². The number of epoxide rings is 1. The van der Waals surface area contributed by atoms with Crippen molar-refractivity contribution in [3.8, 4) is 0 Å². The van der Waals surface area contributed by atoms with Crippen molar-refractivity contribution in [1.29, 1.82) is 0 Å². The largest absolute Gasteiger partial charge is 0.481 e. The minimum atomic E-state index is -5.02. The normalized spacial score (nSPS) is 23.2. The van der Waals surface area contributed by atoms with E-state index < -0.39 is 15.6 Å². The first-order chi connectivity index (χ1) is 11.2. The van der Waals surface area contributed by atoms with Crippen LogP contribution in [0.5, 0.6) is 0 Å². The average Bonchev–Trinajstić information content (AvgIpc) is 3.22. The quantitative estimate of drug-likeness (QED) is 0.219. The second-order valence-corrected chi connectivity index (χ2v) is 9.11. The minimum Gasteiger partial charge on any atom is -0.370 e. The zero-order valence-electron chi connectivity index (χ0n) is 14.3. The molecule has 1 saturated heterocycles. The lowest BCUT2D eigenvalue weighted by Crippen LogP contribution is -2.08. The smallest absolute Gasteiger partial charge is 0.370 e. The van der Waals surface area contributed by atoms with Gasteiger partial charge in [0, 0.05) is 0 Å². The monoisotopic (exact) mass is 388 g/mol. The second-order valence-electron chi connectivity index (χ2n) is 6.28. The Kier molecular flexibility index (Phi) is 9.64. The van der Waals surface area contributed by atoms with E-state index in [9.17, 15) is 9.13 Å². The number of phosphoric ester groups is 1. The predicted molar refractivity (Wildman–Crippen MR) is 89.4 cm³/mol. The number of hydrogen-bond donors (Lipinski definition) is 3. The van der Waals surface area contributed by atoms with Crippen LogP contribution in [-0.2, 0) is 22.7 Å². The van der Waals surface area contributed by atoms with Gasteiger partial charge < -0.3 is 19.4 Å². The Morgan fingerprint density at radius 3 is 1.92 bits per heavy atom. The summed E-state index contributed by atoms with van der Waals surface area (Å²) < 4.78 is 35.3. The standard InChI is InChI=1S/C14H30O8P2/c1-2-14(13-20-14)11-9-7-5-3-4-6-8-10-12-21-24(18,19)22-23(15,16)17/h2-13H2,1H3,(H,18,19)(H2,15,16,17). The van der Waals surface area contributed by atoms with Crippen LogP contribution in [0.3, 0.4) is 0 Å². The van der Waals surface area contributed by atoms with Crippen LogP contribution in [-0.4, -0.2) is 33.5 Å². The third-order valence-corrected chi connectivity index (χ3v) is 6.37. The summed E-state index contributed by atoms with van der Waals surface area (Å²) >= 11 is 0. The maximum absolute atomic E-state index is 11.2. The molecule has 1 aliphatic heterocycles. The van der Waals surface area contributed by atoms with Gasteiger partial charge in [0.25, 0.3) is 0 Å². The lowest BCUT2D eigenvalue weighted by molar-refractivity contribution is 0.176. The number of unbranched alkanes of at least 4 members (excludes halogenated alkanes) is 7. The molecule has 0 spiro atoms. The van der Waals surface area contributed by atoms with Crippen LogP contribution < -0.4 is 0 Å². The van der Waals surface area contributed by atoms with Crippen LogP contribution in [0.1, 0.15) is 71.1 Å². The molecule has 0 bridgehead atoms. The molecule has 10 heteroatoms. The third kappa shape index (κ3) is 11.0. The molecule has 3 N–H and O–H groups in total.